The summed E-state index contributed by atoms with van der Waals surface area (Å²) in [5.74, 6) is 1.11. The molecule has 52 heavy (non-hydrogen) atoms. The highest BCUT2D eigenvalue weighted by Crippen LogP contribution is 2.65. The molecule has 0 amide bonds. The van der Waals surface area contributed by atoms with E-state index in [1.165, 1.54) is 60.5 Å². The van der Waals surface area contributed by atoms with Crippen molar-refractivity contribution in [2.24, 2.45) is 28.6 Å². The zero-order chi connectivity index (χ0) is 35.0. The molecule has 0 heteroatoms. The maximum absolute atomic E-state index is 2.71. The monoisotopic (exact) mass is 670 g/mol. The van der Waals surface area contributed by atoms with E-state index >= 15 is 0 Å². The Morgan fingerprint density at radius 3 is 2.33 bits per heavy atom. The van der Waals surface area contributed by atoms with E-state index in [1.807, 2.05) is 0 Å². The van der Waals surface area contributed by atoms with Crippen molar-refractivity contribution < 1.29 is 0 Å². The van der Waals surface area contributed by atoms with Gasteiger partial charge in [0.2, 0.25) is 0 Å². The first-order chi connectivity index (χ1) is 25.4. The van der Waals surface area contributed by atoms with Crippen molar-refractivity contribution in [3.05, 3.63) is 201 Å². The summed E-state index contributed by atoms with van der Waals surface area (Å²) in [6.07, 6.45) is 28.9. The highest BCUT2D eigenvalue weighted by atomic mass is 14.6. The number of hydrogen-bond acceptors (Lipinski definition) is 0. The highest BCUT2D eigenvalue weighted by molar-refractivity contribution is 5.92. The predicted molar refractivity (Wildman–Crippen MR) is 219 cm³/mol. The van der Waals surface area contributed by atoms with Gasteiger partial charge in [0.15, 0.2) is 0 Å². The summed E-state index contributed by atoms with van der Waals surface area (Å²) in [4.78, 5) is 0. The maximum Gasteiger partial charge on any atom is 0.0178 e. The molecule has 10 rings (SSSR count). The summed E-state index contributed by atoms with van der Waals surface area (Å²) >= 11 is 0. The molecule has 0 nitrogen and oxygen atoms in total. The van der Waals surface area contributed by atoms with Crippen molar-refractivity contribution in [2.45, 2.75) is 46.5 Å². The molecule has 0 aromatic heterocycles. The third-order valence-corrected chi connectivity index (χ3v) is 13.3. The van der Waals surface area contributed by atoms with E-state index < -0.39 is 0 Å². The van der Waals surface area contributed by atoms with Crippen molar-refractivity contribution >= 4 is 22.8 Å². The standard InChI is InChI=1S/C52H46/c1-51(2)47-32-39(27-28-46(47)52(3)30-29-37(33-48(51)52)34-15-5-4-6-16-34)49-42-21-11-13-23-44(42)50(45-24-14-12-22-43(45)49)41-20-10-9-19-40(41)38-26-25-35-17-7-8-18-36(35)31-38/h4-7,9-17,19-21,23-26,28-33,39,43,48H,8,18,22,27H2,1-3H3. The molecule has 0 radical (unpaired) electrons. The molecular formula is C52H46. The molecule has 0 saturated heterocycles. The molecular weight excluding hydrogens is 625 g/mol. The zero-order valence-corrected chi connectivity index (χ0v) is 30.6. The molecule has 0 spiro atoms. The van der Waals surface area contributed by atoms with Gasteiger partial charge in [0, 0.05) is 17.3 Å². The summed E-state index contributed by atoms with van der Waals surface area (Å²) < 4.78 is 0. The average molecular weight is 671 g/mol. The Morgan fingerprint density at radius 1 is 0.673 bits per heavy atom. The van der Waals surface area contributed by atoms with Crippen molar-refractivity contribution in [3.63, 3.8) is 0 Å². The van der Waals surface area contributed by atoms with E-state index in [0.717, 1.165) is 25.7 Å². The molecule has 0 heterocycles. The van der Waals surface area contributed by atoms with E-state index in [2.05, 4.69) is 179 Å². The van der Waals surface area contributed by atoms with Gasteiger partial charge in [-0.2, -0.15) is 0 Å². The second kappa shape index (κ2) is 11.9. The van der Waals surface area contributed by atoms with Crippen LogP contribution in [0.3, 0.4) is 0 Å². The number of hydrogen-bond donors (Lipinski definition) is 0. The lowest BCUT2D eigenvalue weighted by molar-refractivity contribution is 0.265. The molecule has 6 aliphatic rings. The summed E-state index contributed by atoms with van der Waals surface area (Å²) in [6, 6.07) is 36.5. The number of aryl methyl sites for hydroxylation is 1. The smallest absolute Gasteiger partial charge is 0.0178 e. The number of allylic oxidation sites excluding steroid dienone is 13. The molecule has 254 valence electrons. The first-order valence-corrected chi connectivity index (χ1v) is 19.4. The van der Waals surface area contributed by atoms with Gasteiger partial charge in [-0.25, -0.2) is 0 Å². The number of rotatable bonds is 4. The minimum atomic E-state index is 0.00396. The van der Waals surface area contributed by atoms with Crippen LogP contribution in [0.15, 0.2) is 168 Å². The fraction of sp³-hybridized carbons (Fsp3) is 0.231. The van der Waals surface area contributed by atoms with Gasteiger partial charge in [-0.15, -0.1) is 0 Å². The van der Waals surface area contributed by atoms with Crippen LogP contribution in [-0.2, 0) is 6.42 Å². The molecule has 0 N–H and O–H groups in total. The predicted octanol–water partition coefficient (Wildman–Crippen LogP) is 11.4. The molecule has 0 aliphatic heterocycles. The lowest BCUT2D eigenvalue weighted by Gasteiger charge is -2.36. The van der Waals surface area contributed by atoms with E-state index in [4.69, 9.17) is 0 Å². The van der Waals surface area contributed by atoms with E-state index in [9.17, 15) is 0 Å². The zero-order valence-electron chi connectivity index (χ0n) is 30.6. The summed E-state index contributed by atoms with van der Waals surface area (Å²) in [7, 11) is 0. The van der Waals surface area contributed by atoms with E-state index in [0.29, 0.717) is 17.8 Å². The minimum absolute atomic E-state index is 0.00396. The molecule has 0 bridgehead atoms. The Hall–Kier alpha value is -5.20. The molecule has 4 aromatic rings. The molecule has 4 aromatic carbocycles. The normalized spacial score (nSPS) is 26.2. The largest absolute Gasteiger partial charge is 0.0836 e. The van der Waals surface area contributed by atoms with Gasteiger partial charge < -0.3 is 0 Å². The van der Waals surface area contributed by atoms with Crippen molar-refractivity contribution in [1.29, 1.82) is 0 Å². The van der Waals surface area contributed by atoms with Crippen LogP contribution < -0.4 is 10.4 Å². The molecule has 4 unspecified atom stereocenters. The van der Waals surface area contributed by atoms with Crippen LogP contribution in [-0.4, -0.2) is 0 Å². The second-order valence-electron chi connectivity index (χ2n) is 16.5. The van der Waals surface area contributed by atoms with Gasteiger partial charge in [-0.1, -0.05) is 179 Å². The quantitative estimate of drug-likeness (QED) is 0.203. The molecule has 6 aliphatic carbocycles. The SMILES string of the molecule is CC1(C)C2=CC(C3=c4ccccc4=C(c4ccccc4-c4ccc5c(c4)CCC=C5)C4=CC=CCC43)CC=C2C2(C)C=CC(c3ccccc3)=CC12. The van der Waals surface area contributed by atoms with Gasteiger partial charge >= 0.3 is 0 Å². The summed E-state index contributed by atoms with van der Waals surface area (Å²) in [6.45, 7) is 7.48. The average Bonchev–Trinajstić information content (AvgIpc) is 3.37. The lowest BCUT2D eigenvalue weighted by Crippen LogP contribution is -2.39. The third kappa shape index (κ3) is 4.73. The van der Waals surface area contributed by atoms with Crippen LogP contribution in [0.2, 0.25) is 0 Å². The van der Waals surface area contributed by atoms with Crippen LogP contribution in [0.5, 0.6) is 0 Å². The number of benzene rings is 4. The summed E-state index contributed by atoms with van der Waals surface area (Å²) in [5, 5.41) is 2.81. The first-order valence-electron chi connectivity index (χ1n) is 19.4. The topological polar surface area (TPSA) is 0 Å². The second-order valence-corrected chi connectivity index (χ2v) is 16.5. The van der Waals surface area contributed by atoms with Crippen molar-refractivity contribution in [1.82, 2.24) is 0 Å². The fourth-order valence-corrected chi connectivity index (χ4v) is 10.8. The van der Waals surface area contributed by atoms with Gasteiger partial charge in [-0.3, -0.25) is 0 Å². The van der Waals surface area contributed by atoms with Crippen LogP contribution in [0.1, 0.15) is 62.3 Å². The highest BCUT2D eigenvalue weighted by Gasteiger charge is 2.55. The Bertz CT molecular complexity index is 2500. The molecule has 1 saturated carbocycles. The summed E-state index contributed by atoms with van der Waals surface area (Å²) in [5.41, 5.74) is 17.1. The van der Waals surface area contributed by atoms with Gasteiger partial charge in [-0.05, 0) is 114 Å². The first kappa shape index (κ1) is 31.5. The number of fused-ring (bicyclic) bond motifs is 6. The Labute approximate surface area is 309 Å². The van der Waals surface area contributed by atoms with Gasteiger partial charge in [0.1, 0.15) is 0 Å². The van der Waals surface area contributed by atoms with E-state index in [1.54, 1.807) is 16.7 Å². The van der Waals surface area contributed by atoms with Crippen LogP contribution in [0.25, 0.3) is 33.9 Å². The third-order valence-electron chi connectivity index (χ3n) is 13.3. The van der Waals surface area contributed by atoms with Crippen molar-refractivity contribution in [2.75, 3.05) is 0 Å². The van der Waals surface area contributed by atoms with Crippen LogP contribution in [0.4, 0.5) is 0 Å². The van der Waals surface area contributed by atoms with E-state index in [-0.39, 0.29) is 10.8 Å². The minimum Gasteiger partial charge on any atom is -0.0836 e. The molecule has 1 fully saturated rings. The lowest BCUT2D eigenvalue weighted by atomic mass is 9.67. The van der Waals surface area contributed by atoms with Crippen LogP contribution in [0, 0.1) is 28.6 Å². The van der Waals surface area contributed by atoms with Crippen molar-refractivity contribution in [3.8, 4) is 11.1 Å². The maximum atomic E-state index is 2.71. The Balaban J connectivity index is 1.14. The van der Waals surface area contributed by atoms with Gasteiger partial charge in [0.05, 0.1) is 0 Å². The van der Waals surface area contributed by atoms with Gasteiger partial charge in [0.25, 0.3) is 0 Å². The fourth-order valence-electron chi connectivity index (χ4n) is 10.8. The van der Waals surface area contributed by atoms with Crippen LogP contribution >= 0.6 is 0 Å². The Morgan fingerprint density at radius 2 is 1.46 bits per heavy atom. The Kier molecular flexibility index (Phi) is 7.23. The molecule has 4 atom stereocenters.